The first-order valence-corrected chi connectivity index (χ1v) is 11.4. The van der Waals surface area contributed by atoms with E-state index in [0.29, 0.717) is 0 Å². The first-order chi connectivity index (χ1) is 16.0. The molecule has 1 aromatic rings. The number of amides is 3. The van der Waals surface area contributed by atoms with E-state index in [9.17, 15) is 24.4 Å². The molecule has 0 spiro atoms. The molecule has 3 amide bonds. The van der Waals surface area contributed by atoms with Gasteiger partial charge in [0.25, 0.3) is 0 Å². The number of Topliss-reactive ketones (excluding diaryl/α,β-unsaturated/α-hetero) is 1. The van der Waals surface area contributed by atoms with Crippen molar-refractivity contribution in [2.24, 2.45) is 34.9 Å². The standard InChI is InChI=1S/C25H38N4O5/c1-16(2)13-20(23(32)28-26)22(24(33)29-34)25(14-17(3)4,21(31)15-27-18(5)30)12-11-19-9-7-6-8-10-19/h6-12,16-17,20,22,34H,13-15,26H2,1-5H3,(H,27,30)(H,28,32)(H,29,33)/b12-11+/t20-,22-,25?/m1/s1. The Labute approximate surface area is 201 Å². The number of benzene rings is 1. The number of hydroxylamine groups is 1. The Morgan fingerprint density at radius 2 is 1.65 bits per heavy atom. The number of nitrogens with two attached hydrogens (primary N) is 1. The van der Waals surface area contributed by atoms with Gasteiger partial charge in [-0.2, -0.15) is 0 Å². The fraction of sp³-hybridized carbons (Fsp3) is 0.520. The van der Waals surface area contributed by atoms with Gasteiger partial charge < -0.3 is 5.32 Å². The molecule has 0 fully saturated rings. The Morgan fingerprint density at radius 3 is 2.12 bits per heavy atom. The molecule has 0 radical (unpaired) electrons. The lowest BCUT2D eigenvalue weighted by Gasteiger charge is -2.41. The Hall–Kier alpha value is -3.04. The van der Waals surface area contributed by atoms with Crippen LogP contribution in [0.5, 0.6) is 0 Å². The molecule has 1 unspecified atom stereocenters. The summed E-state index contributed by atoms with van der Waals surface area (Å²) in [6.07, 6.45) is 3.79. The van der Waals surface area contributed by atoms with Gasteiger partial charge in [-0.1, -0.05) is 70.2 Å². The highest BCUT2D eigenvalue weighted by Gasteiger charge is 2.52. The van der Waals surface area contributed by atoms with Gasteiger partial charge >= 0.3 is 0 Å². The third-order valence-electron chi connectivity index (χ3n) is 5.69. The number of rotatable bonds is 13. The van der Waals surface area contributed by atoms with Crippen molar-refractivity contribution in [2.75, 3.05) is 6.54 Å². The van der Waals surface area contributed by atoms with E-state index >= 15 is 0 Å². The minimum absolute atomic E-state index is 0.0170. The summed E-state index contributed by atoms with van der Waals surface area (Å²) >= 11 is 0. The zero-order valence-corrected chi connectivity index (χ0v) is 20.6. The van der Waals surface area contributed by atoms with E-state index in [2.05, 4.69) is 10.7 Å². The van der Waals surface area contributed by atoms with Crippen molar-refractivity contribution in [3.8, 4) is 0 Å². The largest absolute Gasteiger partial charge is 0.349 e. The van der Waals surface area contributed by atoms with Crippen molar-refractivity contribution in [1.82, 2.24) is 16.2 Å². The van der Waals surface area contributed by atoms with Gasteiger partial charge in [0.15, 0.2) is 5.78 Å². The zero-order valence-electron chi connectivity index (χ0n) is 20.6. The first kappa shape index (κ1) is 29.0. The number of carbonyl (C=O) groups excluding carboxylic acids is 4. The summed E-state index contributed by atoms with van der Waals surface area (Å²) in [7, 11) is 0. The van der Waals surface area contributed by atoms with Gasteiger partial charge in [0, 0.05) is 6.92 Å². The Bertz CT molecular complexity index is 869. The molecule has 0 bridgehead atoms. The second-order valence-electron chi connectivity index (χ2n) is 9.41. The van der Waals surface area contributed by atoms with Gasteiger partial charge in [-0.25, -0.2) is 11.3 Å². The average Bonchev–Trinajstić information content (AvgIpc) is 2.79. The number of hydrogen-bond acceptors (Lipinski definition) is 6. The van der Waals surface area contributed by atoms with E-state index < -0.39 is 40.8 Å². The molecule has 0 aromatic heterocycles. The second kappa shape index (κ2) is 13.6. The van der Waals surface area contributed by atoms with Crippen molar-refractivity contribution in [3.63, 3.8) is 0 Å². The highest BCUT2D eigenvalue weighted by atomic mass is 16.5. The Kier molecular flexibility index (Phi) is 11.6. The van der Waals surface area contributed by atoms with Crippen LogP contribution in [0.15, 0.2) is 36.4 Å². The third-order valence-corrected chi connectivity index (χ3v) is 5.69. The summed E-state index contributed by atoms with van der Waals surface area (Å²) in [5, 5.41) is 12.2. The fourth-order valence-electron chi connectivity index (χ4n) is 4.39. The van der Waals surface area contributed by atoms with Crippen molar-refractivity contribution in [3.05, 3.63) is 42.0 Å². The molecule has 6 N–H and O–H groups in total. The minimum atomic E-state index is -1.52. The highest BCUT2D eigenvalue weighted by Crippen LogP contribution is 2.44. The predicted octanol–water partition coefficient (Wildman–Crippen LogP) is 2.21. The van der Waals surface area contributed by atoms with Crippen molar-refractivity contribution in [2.45, 2.75) is 47.5 Å². The van der Waals surface area contributed by atoms with Gasteiger partial charge in [0.05, 0.1) is 23.8 Å². The summed E-state index contributed by atoms with van der Waals surface area (Å²) in [6, 6.07) is 9.21. The van der Waals surface area contributed by atoms with Crippen LogP contribution >= 0.6 is 0 Å². The molecule has 0 aliphatic carbocycles. The third kappa shape index (κ3) is 8.07. The van der Waals surface area contributed by atoms with Gasteiger partial charge in [0.2, 0.25) is 17.7 Å². The summed E-state index contributed by atoms with van der Waals surface area (Å²) in [4.78, 5) is 51.5. The molecule has 34 heavy (non-hydrogen) atoms. The van der Waals surface area contributed by atoms with Gasteiger partial charge in [-0.05, 0) is 30.2 Å². The SMILES string of the molecule is CC(=O)NCC(=O)C(/C=C/c1ccccc1)(CC(C)C)[C@@H](C(=O)NO)[C@@H](CC(C)C)C(=O)NN. The number of nitrogens with one attached hydrogen (secondary N) is 3. The van der Waals surface area contributed by atoms with Crippen LogP contribution in [-0.2, 0) is 19.2 Å². The van der Waals surface area contributed by atoms with Gasteiger partial charge in [0.1, 0.15) is 0 Å². The summed E-state index contributed by atoms with van der Waals surface area (Å²) in [5.41, 5.74) is 3.04. The minimum Gasteiger partial charge on any atom is -0.349 e. The van der Waals surface area contributed by atoms with Gasteiger partial charge in [-0.3, -0.25) is 29.8 Å². The number of hydrazine groups is 1. The van der Waals surface area contributed by atoms with Crippen LogP contribution in [0.1, 0.15) is 53.0 Å². The van der Waals surface area contributed by atoms with Crippen LogP contribution in [0.3, 0.4) is 0 Å². The predicted molar refractivity (Wildman–Crippen MR) is 130 cm³/mol. The number of carbonyl (C=O) groups is 4. The molecule has 3 atom stereocenters. The fourth-order valence-corrected chi connectivity index (χ4v) is 4.39. The lowest BCUT2D eigenvalue weighted by atomic mass is 9.61. The monoisotopic (exact) mass is 474 g/mol. The zero-order chi connectivity index (χ0) is 25.9. The molecule has 0 aliphatic rings. The van der Waals surface area contributed by atoms with Crippen LogP contribution in [0.2, 0.25) is 0 Å². The van der Waals surface area contributed by atoms with Crippen LogP contribution in [-0.4, -0.2) is 35.3 Å². The molecule has 0 heterocycles. The van der Waals surface area contributed by atoms with E-state index in [0.717, 1.165) is 5.56 Å². The molecule has 188 valence electrons. The molecule has 0 saturated heterocycles. The van der Waals surface area contributed by atoms with Crippen molar-refractivity contribution in [1.29, 1.82) is 0 Å². The molecular weight excluding hydrogens is 436 g/mol. The maximum Gasteiger partial charge on any atom is 0.248 e. The average molecular weight is 475 g/mol. The molecule has 0 aliphatic heterocycles. The molecule has 1 aromatic carbocycles. The van der Waals surface area contributed by atoms with Crippen LogP contribution in [0.4, 0.5) is 0 Å². The smallest absolute Gasteiger partial charge is 0.248 e. The van der Waals surface area contributed by atoms with E-state index in [1.165, 1.54) is 6.92 Å². The van der Waals surface area contributed by atoms with E-state index in [-0.39, 0.29) is 31.2 Å². The lowest BCUT2D eigenvalue weighted by Crippen LogP contribution is -2.55. The summed E-state index contributed by atoms with van der Waals surface area (Å²) in [6.45, 7) is 8.51. The topological polar surface area (TPSA) is 151 Å². The van der Waals surface area contributed by atoms with E-state index in [1.54, 1.807) is 17.6 Å². The number of hydrogen-bond donors (Lipinski definition) is 5. The van der Waals surface area contributed by atoms with E-state index in [4.69, 9.17) is 5.84 Å². The second-order valence-corrected chi connectivity index (χ2v) is 9.41. The number of ketones is 1. The Balaban J connectivity index is 3.87. The molecule has 9 heteroatoms. The molecule has 9 nitrogen and oxygen atoms in total. The maximum absolute atomic E-state index is 13.8. The summed E-state index contributed by atoms with van der Waals surface area (Å²) in [5.74, 6) is 0.730. The first-order valence-electron chi connectivity index (χ1n) is 11.4. The van der Waals surface area contributed by atoms with Crippen LogP contribution in [0.25, 0.3) is 6.08 Å². The van der Waals surface area contributed by atoms with Gasteiger partial charge in [-0.15, -0.1) is 0 Å². The number of allylic oxidation sites excluding steroid dienone is 1. The quantitative estimate of drug-likeness (QED) is 0.128. The molecular formula is C25H38N4O5. The molecule has 1 rings (SSSR count). The van der Waals surface area contributed by atoms with E-state index in [1.807, 2.05) is 58.0 Å². The van der Waals surface area contributed by atoms with Crippen LogP contribution in [0, 0.1) is 29.1 Å². The highest BCUT2D eigenvalue weighted by molar-refractivity contribution is 5.98. The lowest BCUT2D eigenvalue weighted by molar-refractivity contribution is -0.151. The Morgan fingerprint density at radius 1 is 1.03 bits per heavy atom. The summed E-state index contributed by atoms with van der Waals surface area (Å²) < 4.78 is 0. The van der Waals surface area contributed by atoms with Crippen molar-refractivity contribution >= 4 is 29.6 Å². The van der Waals surface area contributed by atoms with Crippen molar-refractivity contribution < 1.29 is 24.4 Å². The van der Waals surface area contributed by atoms with Crippen LogP contribution < -0.4 is 22.1 Å². The molecule has 0 saturated carbocycles. The maximum atomic E-state index is 13.8. The normalized spacial score (nSPS) is 15.0.